The van der Waals surface area contributed by atoms with Crippen LogP contribution in [0.1, 0.15) is 15.8 Å². The lowest BCUT2D eigenvalue weighted by atomic mass is 10.1. The Morgan fingerprint density at radius 1 is 1.47 bits per heavy atom. The molecule has 0 aliphatic carbocycles. The molecule has 1 aromatic heterocycles. The topological polar surface area (TPSA) is 51.8 Å². The first kappa shape index (κ1) is 12.8. The van der Waals surface area contributed by atoms with Crippen molar-refractivity contribution in [3.05, 3.63) is 39.9 Å². The number of thioether (sulfide) groups is 1. The minimum atomic E-state index is 0.168. The van der Waals surface area contributed by atoms with E-state index >= 15 is 0 Å². The Bertz CT molecular complexity index is 501. The van der Waals surface area contributed by atoms with Gasteiger partial charge in [0, 0.05) is 16.8 Å². The molecule has 1 heterocycles. The van der Waals surface area contributed by atoms with Crippen LogP contribution in [-0.4, -0.2) is 16.7 Å². The van der Waals surface area contributed by atoms with E-state index in [0.29, 0.717) is 6.54 Å². The van der Waals surface area contributed by atoms with E-state index in [0.717, 1.165) is 19.9 Å². The molecule has 90 valence electrons. The van der Waals surface area contributed by atoms with E-state index in [1.165, 1.54) is 0 Å². The van der Waals surface area contributed by atoms with Crippen LogP contribution in [0.4, 0.5) is 0 Å². The first-order chi connectivity index (χ1) is 8.19. The molecule has 0 saturated heterocycles. The van der Waals surface area contributed by atoms with Crippen LogP contribution in [0.25, 0.3) is 0 Å². The molecule has 0 spiro atoms. The lowest BCUT2D eigenvalue weighted by Crippen LogP contribution is -2.09. The highest BCUT2D eigenvalue weighted by Crippen LogP contribution is 2.36. The third-order valence-corrected chi connectivity index (χ3v) is 4.62. The largest absolute Gasteiger partial charge is 0.329 e. The highest BCUT2D eigenvalue weighted by Gasteiger charge is 2.14. The van der Waals surface area contributed by atoms with Gasteiger partial charge in [-0.1, -0.05) is 46.8 Å². The van der Waals surface area contributed by atoms with Gasteiger partial charge in [-0.25, -0.2) is 0 Å². The van der Waals surface area contributed by atoms with Crippen LogP contribution in [-0.2, 0) is 0 Å². The zero-order chi connectivity index (χ0) is 12.3. The number of aromatic nitrogens is 2. The fraction of sp³-hybridized carbons (Fsp3) is 0.273. The number of hydrogen-bond donors (Lipinski definition) is 1. The minimum absolute atomic E-state index is 0.168. The summed E-state index contributed by atoms with van der Waals surface area (Å²) in [5.41, 5.74) is 6.93. The van der Waals surface area contributed by atoms with E-state index in [1.807, 2.05) is 31.2 Å². The summed E-state index contributed by atoms with van der Waals surface area (Å²) in [5.74, 6) is 0. The van der Waals surface area contributed by atoms with Crippen molar-refractivity contribution in [2.24, 2.45) is 5.73 Å². The van der Waals surface area contributed by atoms with Crippen LogP contribution in [0.5, 0.6) is 0 Å². The van der Waals surface area contributed by atoms with E-state index in [9.17, 15) is 0 Å². The van der Waals surface area contributed by atoms with Crippen molar-refractivity contribution in [1.82, 2.24) is 10.2 Å². The summed E-state index contributed by atoms with van der Waals surface area (Å²) in [6.07, 6.45) is 0. The van der Waals surface area contributed by atoms with Gasteiger partial charge in [0.1, 0.15) is 5.01 Å². The lowest BCUT2D eigenvalue weighted by Gasteiger charge is -2.12. The molecule has 0 aliphatic heterocycles. The highest BCUT2D eigenvalue weighted by molar-refractivity contribution is 8.01. The van der Waals surface area contributed by atoms with Gasteiger partial charge in [-0.15, -0.1) is 10.2 Å². The molecule has 0 fully saturated rings. The normalized spacial score (nSPS) is 12.6. The van der Waals surface area contributed by atoms with Gasteiger partial charge >= 0.3 is 0 Å². The van der Waals surface area contributed by atoms with Crippen molar-refractivity contribution in [1.29, 1.82) is 0 Å². The number of rotatable bonds is 4. The maximum Gasteiger partial charge on any atom is 0.174 e. The molecule has 0 aliphatic rings. The van der Waals surface area contributed by atoms with Crippen molar-refractivity contribution in [3.8, 4) is 0 Å². The predicted octanol–water partition coefficient (Wildman–Crippen LogP) is 3.29. The number of nitrogens with zero attached hydrogens (tertiary/aromatic N) is 2. The maximum atomic E-state index is 5.98. The number of halogens is 1. The van der Waals surface area contributed by atoms with E-state index in [1.54, 1.807) is 23.1 Å². The molecular weight excluding hydrogens is 274 g/mol. The Morgan fingerprint density at radius 2 is 2.29 bits per heavy atom. The first-order valence-corrected chi connectivity index (χ1v) is 7.18. The molecule has 2 aromatic rings. The van der Waals surface area contributed by atoms with Crippen LogP contribution in [0.2, 0.25) is 5.02 Å². The number of nitrogens with two attached hydrogens (primary N) is 1. The number of hydrogen-bond acceptors (Lipinski definition) is 5. The summed E-state index contributed by atoms with van der Waals surface area (Å²) in [6.45, 7) is 2.49. The second kappa shape index (κ2) is 5.82. The van der Waals surface area contributed by atoms with Crippen molar-refractivity contribution in [2.45, 2.75) is 16.5 Å². The van der Waals surface area contributed by atoms with Crippen LogP contribution in [0.15, 0.2) is 28.6 Å². The summed E-state index contributed by atoms with van der Waals surface area (Å²) in [5, 5.41) is 9.96. The van der Waals surface area contributed by atoms with E-state index < -0.39 is 0 Å². The summed E-state index contributed by atoms with van der Waals surface area (Å²) in [4.78, 5) is 0. The third kappa shape index (κ3) is 3.42. The molecule has 1 aromatic carbocycles. The quantitative estimate of drug-likeness (QED) is 0.876. The van der Waals surface area contributed by atoms with Crippen LogP contribution in [0.3, 0.4) is 0 Å². The van der Waals surface area contributed by atoms with Crippen molar-refractivity contribution in [2.75, 3.05) is 6.54 Å². The standard InChI is InChI=1S/C11H12ClN3S2/c1-7-14-15-11(16-7)17-10(6-13)8-3-2-4-9(12)5-8/h2-5,10H,6,13H2,1H3. The zero-order valence-electron chi connectivity index (χ0n) is 9.26. The van der Waals surface area contributed by atoms with Gasteiger partial charge in [-0.05, 0) is 24.6 Å². The summed E-state index contributed by atoms with van der Waals surface area (Å²) in [7, 11) is 0. The van der Waals surface area contributed by atoms with Gasteiger partial charge in [0.2, 0.25) is 0 Å². The Balaban J connectivity index is 2.16. The number of aryl methyl sites for hydroxylation is 1. The molecule has 0 saturated carbocycles. The smallest absolute Gasteiger partial charge is 0.174 e. The average Bonchev–Trinajstić information content (AvgIpc) is 2.72. The number of benzene rings is 1. The molecule has 0 bridgehead atoms. The fourth-order valence-electron chi connectivity index (χ4n) is 1.41. The summed E-state index contributed by atoms with van der Waals surface area (Å²) < 4.78 is 0.943. The van der Waals surface area contributed by atoms with Gasteiger partial charge < -0.3 is 5.73 Å². The average molecular weight is 286 g/mol. The van der Waals surface area contributed by atoms with Crippen molar-refractivity contribution >= 4 is 34.7 Å². The first-order valence-electron chi connectivity index (χ1n) is 5.11. The highest BCUT2D eigenvalue weighted by atomic mass is 35.5. The molecule has 1 unspecified atom stereocenters. The Morgan fingerprint density at radius 3 is 2.88 bits per heavy atom. The molecule has 2 N–H and O–H groups in total. The molecule has 17 heavy (non-hydrogen) atoms. The second-order valence-corrected chi connectivity index (χ2v) is 6.55. The molecule has 2 rings (SSSR count). The third-order valence-electron chi connectivity index (χ3n) is 2.19. The van der Waals surface area contributed by atoms with Crippen LogP contribution < -0.4 is 5.73 Å². The summed E-state index contributed by atoms with van der Waals surface area (Å²) in [6, 6.07) is 7.77. The van der Waals surface area contributed by atoms with Crippen LogP contribution in [0, 0.1) is 6.92 Å². The minimum Gasteiger partial charge on any atom is -0.329 e. The molecule has 0 amide bonds. The van der Waals surface area contributed by atoms with Gasteiger partial charge in [0.15, 0.2) is 4.34 Å². The zero-order valence-corrected chi connectivity index (χ0v) is 11.6. The predicted molar refractivity (Wildman–Crippen MR) is 73.8 cm³/mol. The monoisotopic (exact) mass is 285 g/mol. The van der Waals surface area contributed by atoms with Gasteiger partial charge in [-0.2, -0.15) is 0 Å². The van der Waals surface area contributed by atoms with E-state index in [2.05, 4.69) is 10.2 Å². The molecular formula is C11H12ClN3S2. The SMILES string of the molecule is Cc1nnc(SC(CN)c2cccc(Cl)c2)s1. The molecule has 1 atom stereocenters. The Labute approximate surface area is 113 Å². The van der Waals surface area contributed by atoms with Crippen molar-refractivity contribution in [3.63, 3.8) is 0 Å². The molecule has 6 heteroatoms. The van der Waals surface area contributed by atoms with Crippen LogP contribution >= 0.6 is 34.7 Å². The van der Waals surface area contributed by atoms with Gasteiger partial charge in [0.05, 0.1) is 0 Å². The lowest BCUT2D eigenvalue weighted by molar-refractivity contribution is 0.928. The van der Waals surface area contributed by atoms with E-state index in [4.69, 9.17) is 17.3 Å². The maximum absolute atomic E-state index is 5.98. The summed E-state index contributed by atoms with van der Waals surface area (Å²) >= 11 is 9.19. The fourth-order valence-corrected chi connectivity index (χ4v) is 3.63. The van der Waals surface area contributed by atoms with Crippen molar-refractivity contribution < 1.29 is 0 Å². The Kier molecular flexibility index (Phi) is 4.39. The van der Waals surface area contributed by atoms with Gasteiger partial charge in [0.25, 0.3) is 0 Å². The molecule has 3 nitrogen and oxygen atoms in total. The molecule has 0 radical (unpaired) electrons. The Hall–Kier alpha value is -0.620. The second-order valence-electron chi connectivity index (χ2n) is 3.48. The van der Waals surface area contributed by atoms with E-state index in [-0.39, 0.29) is 5.25 Å². The van der Waals surface area contributed by atoms with Gasteiger partial charge in [-0.3, -0.25) is 0 Å².